The van der Waals surface area contributed by atoms with E-state index in [0.717, 1.165) is 0 Å². The first-order valence-electron chi connectivity index (χ1n) is 5.57. The van der Waals surface area contributed by atoms with Crippen LogP contribution in [-0.4, -0.2) is 36.4 Å². The molecule has 0 aliphatic carbocycles. The highest BCUT2D eigenvalue weighted by molar-refractivity contribution is 9.10. The van der Waals surface area contributed by atoms with E-state index in [0.29, 0.717) is 4.47 Å². The number of sulfone groups is 1. The molecular formula is C11H10BrFN2O2S2. The molecule has 0 aromatic heterocycles. The minimum Gasteiger partial charge on any atom is -0.313 e. The van der Waals surface area contributed by atoms with Gasteiger partial charge in [-0.15, -0.1) is 0 Å². The second-order valence-corrected chi connectivity index (χ2v) is 8.87. The van der Waals surface area contributed by atoms with Crippen molar-refractivity contribution in [3.05, 3.63) is 28.5 Å². The van der Waals surface area contributed by atoms with Crippen LogP contribution in [0.4, 0.5) is 10.1 Å². The molecule has 0 bridgehead atoms. The van der Waals surface area contributed by atoms with E-state index in [4.69, 9.17) is 5.41 Å². The van der Waals surface area contributed by atoms with Crippen LogP contribution >= 0.6 is 27.7 Å². The van der Waals surface area contributed by atoms with E-state index in [1.165, 1.54) is 22.7 Å². The molecule has 19 heavy (non-hydrogen) atoms. The Morgan fingerprint density at radius 3 is 2.84 bits per heavy atom. The normalized spacial score (nSPS) is 28.7. The van der Waals surface area contributed by atoms with E-state index in [-0.39, 0.29) is 33.7 Å². The smallest absolute Gasteiger partial charge is 0.161 e. The molecule has 0 spiro atoms. The lowest BCUT2D eigenvalue weighted by atomic mass is 10.2. The standard InChI is InChI=1S/C11H10BrFN2O2S2/c12-6-1-2-8(7(13)3-6)15-9-4-19(16,17)5-10(9)18-11(15)14/h1-3,9-10,14H,4-5H2/t9-,10-/m1/s1. The highest BCUT2D eigenvalue weighted by atomic mass is 79.9. The van der Waals surface area contributed by atoms with E-state index >= 15 is 0 Å². The molecule has 2 atom stereocenters. The first-order valence-corrected chi connectivity index (χ1v) is 9.07. The van der Waals surface area contributed by atoms with Crippen molar-refractivity contribution in [2.45, 2.75) is 11.3 Å². The van der Waals surface area contributed by atoms with Crippen molar-refractivity contribution in [2.75, 3.05) is 16.4 Å². The Balaban J connectivity index is 2.02. The van der Waals surface area contributed by atoms with Crippen molar-refractivity contribution in [2.24, 2.45) is 0 Å². The van der Waals surface area contributed by atoms with Gasteiger partial charge in [-0.3, -0.25) is 5.41 Å². The average Bonchev–Trinajstić information content (AvgIpc) is 2.70. The van der Waals surface area contributed by atoms with Crippen LogP contribution in [0.2, 0.25) is 0 Å². The van der Waals surface area contributed by atoms with Gasteiger partial charge in [-0.1, -0.05) is 27.7 Å². The number of anilines is 1. The highest BCUT2D eigenvalue weighted by Gasteiger charge is 2.49. The van der Waals surface area contributed by atoms with Gasteiger partial charge in [0.15, 0.2) is 15.0 Å². The number of nitrogens with one attached hydrogen (secondary N) is 1. The fourth-order valence-corrected chi connectivity index (χ4v) is 6.58. The molecule has 0 radical (unpaired) electrons. The van der Waals surface area contributed by atoms with Crippen LogP contribution in [0.1, 0.15) is 0 Å². The predicted octanol–water partition coefficient (Wildman–Crippen LogP) is 2.24. The molecule has 0 amide bonds. The zero-order valence-electron chi connectivity index (χ0n) is 9.64. The van der Waals surface area contributed by atoms with Crippen LogP contribution in [0.5, 0.6) is 0 Å². The van der Waals surface area contributed by atoms with E-state index in [2.05, 4.69) is 15.9 Å². The van der Waals surface area contributed by atoms with Gasteiger partial charge in [0.25, 0.3) is 0 Å². The maximum atomic E-state index is 14.0. The van der Waals surface area contributed by atoms with Gasteiger partial charge < -0.3 is 4.90 Å². The van der Waals surface area contributed by atoms with Gasteiger partial charge in [-0.25, -0.2) is 12.8 Å². The van der Waals surface area contributed by atoms with Crippen LogP contribution in [-0.2, 0) is 9.84 Å². The predicted molar refractivity (Wildman–Crippen MR) is 78.1 cm³/mol. The molecule has 2 heterocycles. The van der Waals surface area contributed by atoms with Crippen LogP contribution in [0.3, 0.4) is 0 Å². The summed E-state index contributed by atoms with van der Waals surface area (Å²) in [5.74, 6) is -0.397. The first-order chi connectivity index (χ1) is 8.87. The number of amidine groups is 1. The summed E-state index contributed by atoms with van der Waals surface area (Å²) in [6.45, 7) is 0. The monoisotopic (exact) mass is 364 g/mol. The van der Waals surface area contributed by atoms with Gasteiger partial charge in [-0.2, -0.15) is 0 Å². The van der Waals surface area contributed by atoms with Gasteiger partial charge in [0.1, 0.15) is 5.82 Å². The van der Waals surface area contributed by atoms with Crippen molar-refractivity contribution >= 4 is 48.4 Å². The van der Waals surface area contributed by atoms with Gasteiger partial charge in [-0.05, 0) is 18.2 Å². The Morgan fingerprint density at radius 1 is 1.42 bits per heavy atom. The lowest BCUT2D eigenvalue weighted by molar-refractivity contribution is 0.600. The van der Waals surface area contributed by atoms with Crippen molar-refractivity contribution in [1.82, 2.24) is 0 Å². The molecule has 0 saturated carbocycles. The molecule has 1 aromatic carbocycles. The average molecular weight is 365 g/mol. The molecule has 8 heteroatoms. The summed E-state index contributed by atoms with van der Waals surface area (Å²) in [6.07, 6.45) is 0. The molecule has 2 aliphatic rings. The molecule has 0 unspecified atom stereocenters. The fourth-order valence-electron chi connectivity index (χ4n) is 2.47. The van der Waals surface area contributed by atoms with Gasteiger partial charge in [0.2, 0.25) is 0 Å². The third kappa shape index (κ3) is 2.30. The summed E-state index contributed by atoms with van der Waals surface area (Å²) in [4.78, 5) is 1.50. The number of fused-ring (bicyclic) bond motifs is 1. The largest absolute Gasteiger partial charge is 0.313 e. The summed E-state index contributed by atoms with van der Waals surface area (Å²) in [6, 6.07) is 4.25. The number of nitrogens with zero attached hydrogens (tertiary/aromatic N) is 1. The number of halogens is 2. The summed E-state index contributed by atoms with van der Waals surface area (Å²) in [7, 11) is -3.08. The van der Waals surface area contributed by atoms with Crippen LogP contribution < -0.4 is 4.90 Å². The Hall–Kier alpha value is -0.600. The lowest BCUT2D eigenvalue weighted by Gasteiger charge is -2.24. The van der Waals surface area contributed by atoms with E-state index in [1.54, 1.807) is 12.1 Å². The first kappa shape index (κ1) is 13.4. The van der Waals surface area contributed by atoms with E-state index in [1.807, 2.05) is 0 Å². The maximum absolute atomic E-state index is 14.0. The molecule has 1 aromatic rings. The van der Waals surface area contributed by atoms with Crippen molar-refractivity contribution < 1.29 is 12.8 Å². The lowest BCUT2D eigenvalue weighted by Crippen LogP contribution is -2.37. The van der Waals surface area contributed by atoms with Crippen LogP contribution in [0.15, 0.2) is 22.7 Å². The Morgan fingerprint density at radius 2 is 2.16 bits per heavy atom. The summed E-state index contributed by atoms with van der Waals surface area (Å²) >= 11 is 4.39. The van der Waals surface area contributed by atoms with Crippen LogP contribution in [0.25, 0.3) is 0 Å². The molecule has 1 N–H and O–H groups in total. The molecule has 102 valence electrons. The van der Waals surface area contributed by atoms with Gasteiger partial charge in [0, 0.05) is 9.72 Å². The SMILES string of the molecule is N=C1S[C@@H]2CS(=O)(=O)C[C@H]2N1c1ccc(Br)cc1F. The molecule has 3 rings (SSSR count). The minimum atomic E-state index is -3.08. The topological polar surface area (TPSA) is 61.2 Å². The second kappa shape index (κ2) is 4.46. The number of hydrogen-bond donors (Lipinski definition) is 1. The molecule has 2 saturated heterocycles. The molecule has 2 fully saturated rings. The quantitative estimate of drug-likeness (QED) is 0.829. The van der Waals surface area contributed by atoms with E-state index < -0.39 is 15.7 Å². The minimum absolute atomic E-state index is 0.0114. The van der Waals surface area contributed by atoms with Gasteiger partial charge in [0.05, 0.1) is 23.2 Å². The zero-order valence-corrected chi connectivity index (χ0v) is 12.9. The summed E-state index contributed by atoms with van der Waals surface area (Å²) < 4.78 is 37.9. The Kier molecular flexibility index (Phi) is 3.14. The molecular weight excluding hydrogens is 355 g/mol. The van der Waals surface area contributed by atoms with Crippen molar-refractivity contribution in [1.29, 1.82) is 5.41 Å². The fraction of sp³-hybridized carbons (Fsp3) is 0.364. The van der Waals surface area contributed by atoms with Crippen molar-refractivity contribution in [3.8, 4) is 0 Å². The number of rotatable bonds is 1. The van der Waals surface area contributed by atoms with Crippen molar-refractivity contribution in [3.63, 3.8) is 0 Å². The number of thioether (sulfide) groups is 1. The zero-order chi connectivity index (χ0) is 13.8. The molecule has 2 aliphatic heterocycles. The third-order valence-corrected chi connectivity index (χ3v) is 6.88. The third-order valence-electron chi connectivity index (χ3n) is 3.25. The second-order valence-electron chi connectivity index (χ2n) is 4.57. The van der Waals surface area contributed by atoms with Crippen LogP contribution in [0, 0.1) is 11.2 Å². The summed E-state index contributed by atoms with van der Waals surface area (Å²) in [5.41, 5.74) is 0.269. The number of hydrogen-bond acceptors (Lipinski definition) is 4. The number of benzene rings is 1. The van der Waals surface area contributed by atoms with E-state index in [9.17, 15) is 12.8 Å². The Labute approximate surface area is 122 Å². The highest BCUT2D eigenvalue weighted by Crippen LogP contribution is 2.41. The van der Waals surface area contributed by atoms with Gasteiger partial charge >= 0.3 is 0 Å². The Bertz CT molecular complexity index is 665. The molecule has 4 nitrogen and oxygen atoms in total. The maximum Gasteiger partial charge on any atom is 0.161 e. The summed E-state index contributed by atoms with van der Waals surface area (Å²) in [5, 5.41) is 7.98.